The molecule has 0 spiro atoms. The van der Waals surface area contributed by atoms with Crippen LogP contribution in [0.3, 0.4) is 0 Å². The topological polar surface area (TPSA) is 32.3 Å². The molecule has 3 nitrogen and oxygen atoms in total. The van der Waals surface area contributed by atoms with E-state index >= 15 is 0 Å². The number of hydrogen-bond donors (Lipinski definition) is 1. The number of hydrogen-bond acceptors (Lipinski definition) is 2. The summed E-state index contributed by atoms with van der Waals surface area (Å²) in [6, 6.07) is 1.85. The van der Waals surface area contributed by atoms with Crippen molar-refractivity contribution in [2.75, 3.05) is 19.6 Å². The lowest BCUT2D eigenvalue weighted by Crippen LogP contribution is -2.44. The van der Waals surface area contributed by atoms with E-state index in [-0.39, 0.29) is 17.5 Å². The number of benzene rings is 1. The van der Waals surface area contributed by atoms with E-state index in [1.165, 1.54) is 0 Å². The van der Waals surface area contributed by atoms with Gasteiger partial charge in [-0.3, -0.25) is 4.79 Å². The monoisotopic (exact) mass is 316 g/mol. The molecule has 1 aliphatic rings. The normalized spacial score (nSPS) is 18.3. The van der Waals surface area contributed by atoms with Crippen LogP contribution < -0.4 is 5.32 Å². The fraction of sp³-hybridized carbons (Fsp3) is 0.533. The Morgan fingerprint density at radius 1 is 1.43 bits per heavy atom. The Balaban J connectivity index is 2.36. The number of nitrogens with zero attached hydrogens (tertiary/aromatic N) is 1. The highest BCUT2D eigenvalue weighted by atomic mass is 35.5. The van der Waals surface area contributed by atoms with E-state index < -0.39 is 22.6 Å². The maximum absolute atomic E-state index is 14.0. The Hall–Kier alpha value is -1.20. The molecule has 1 heterocycles. The van der Waals surface area contributed by atoms with Crippen LogP contribution in [0.5, 0.6) is 0 Å². The Morgan fingerprint density at radius 2 is 2.10 bits per heavy atom. The average molecular weight is 317 g/mol. The number of halogens is 3. The molecule has 1 saturated heterocycles. The van der Waals surface area contributed by atoms with Crippen molar-refractivity contribution < 1.29 is 13.6 Å². The van der Waals surface area contributed by atoms with Crippen LogP contribution in [-0.4, -0.2) is 36.5 Å². The molecule has 1 fully saturated rings. The van der Waals surface area contributed by atoms with Gasteiger partial charge in [-0.05, 0) is 31.0 Å². The van der Waals surface area contributed by atoms with Gasteiger partial charge < -0.3 is 10.2 Å². The highest BCUT2D eigenvalue weighted by molar-refractivity contribution is 6.34. The van der Waals surface area contributed by atoms with Crippen LogP contribution in [0.1, 0.15) is 30.6 Å². The minimum Gasteiger partial charge on any atom is -0.334 e. The Bertz CT molecular complexity index is 531. The molecule has 1 aromatic rings. The standard InChI is InChI=1S/C15H19ClF2N2O/c1-9(2)8-20(10-5-6-19-7-10)15(21)13-11(17)3-4-12(18)14(13)16/h3-4,9-10,19H,5-8H2,1-2H3. The third-order valence-electron chi connectivity index (χ3n) is 3.56. The predicted molar refractivity (Wildman–Crippen MR) is 78.5 cm³/mol. The lowest BCUT2D eigenvalue weighted by Gasteiger charge is -2.30. The second kappa shape index (κ2) is 6.71. The Kier molecular flexibility index (Phi) is 5.17. The zero-order chi connectivity index (χ0) is 15.6. The van der Waals surface area contributed by atoms with E-state index in [0.717, 1.165) is 25.1 Å². The molecule has 0 aliphatic carbocycles. The average Bonchev–Trinajstić information content (AvgIpc) is 2.94. The molecule has 116 valence electrons. The van der Waals surface area contributed by atoms with Crippen LogP contribution in [0.15, 0.2) is 12.1 Å². The Labute approximate surface area is 128 Å². The Morgan fingerprint density at radius 3 is 2.67 bits per heavy atom. The number of carbonyl (C=O) groups excluding carboxylic acids is 1. The van der Waals surface area contributed by atoms with Gasteiger partial charge in [-0.25, -0.2) is 8.78 Å². The number of rotatable bonds is 4. The number of carbonyl (C=O) groups is 1. The summed E-state index contributed by atoms with van der Waals surface area (Å²) in [6.07, 6.45) is 0.799. The van der Waals surface area contributed by atoms with Gasteiger partial charge in [-0.1, -0.05) is 25.4 Å². The van der Waals surface area contributed by atoms with Gasteiger partial charge in [-0.2, -0.15) is 0 Å². The molecular weight excluding hydrogens is 298 g/mol. The van der Waals surface area contributed by atoms with Gasteiger partial charge in [0.25, 0.3) is 5.91 Å². The van der Waals surface area contributed by atoms with E-state index in [4.69, 9.17) is 11.6 Å². The summed E-state index contributed by atoms with van der Waals surface area (Å²) in [5, 5.41) is 2.73. The molecule has 2 rings (SSSR count). The van der Waals surface area contributed by atoms with Gasteiger partial charge in [0.15, 0.2) is 0 Å². The molecule has 6 heteroatoms. The summed E-state index contributed by atoms with van der Waals surface area (Å²) in [6.45, 7) is 5.91. The van der Waals surface area contributed by atoms with Crippen molar-refractivity contribution in [1.82, 2.24) is 10.2 Å². The molecule has 0 bridgehead atoms. The molecule has 0 radical (unpaired) electrons. The SMILES string of the molecule is CC(C)CN(C(=O)c1c(F)ccc(F)c1Cl)C1CCNC1. The second-order valence-electron chi connectivity index (χ2n) is 5.72. The first-order valence-corrected chi connectivity index (χ1v) is 7.44. The molecular formula is C15H19ClF2N2O. The van der Waals surface area contributed by atoms with Gasteiger partial charge in [-0.15, -0.1) is 0 Å². The minimum atomic E-state index is -0.786. The van der Waals surface area contributed by atoms with Gasteiger partial charge in [0.1, 0.15) is 11.6 Å². The predicted octanol–water partition coefficient (Wildman–Crippen LogP) is 3.08. The first-order chi connectivity index (χ1) is 9.91. The number of nitrogens with one attached hydrogen (secondary N) is 1. The molecule has 21 heavy (non-hydrogen) atoms. The zero-order valence-electron chi connectivity index (χ0n) is 12.1. The summed E-state index contributed by atoms with van der Waals surface area (Å²) >= 11 is 5.80. The molecule has 0 aromatic heterocycles. The lowest BCUT2D eigenvalue weighted by molar-refractivity contribution is 0.0662. The van der Waals surface area contributed by atoms with E-state index in [9.17, 15) is 13.6 Å². The molecule has 1 atom stereocenters. The smallest absolute Gasteiger partial charge is 0.258 e. The van der Waals surface area contributed by atoms with Crippen LogP contribution in [0.2, 0.25) is 5.02 Å². The molecule has 1 N–H and O–H groups in total. The van der Waals surface area contributed by atoms with Crippen molar-refractivity contribution in [3.8, 4) is 0 Å². The van der Waals surface area contributed by atoms with E-state index in [0.29, 0.717) is 13.1 Å². The third-order valence-corrected chi connectivity index (χ3v) is 3.93. The van der Waals surface area contributed by atoms with Crippen molar-refractivity contribution >= 4 is 17.5 Å². The zero-order valence-corrected chi connectivity index (χ0v) is 12.9. The fourth-order valence-electron chi connectivity index (χ4n) is 2.56. The molecule has 1 aliphatic heterocycles. The molecule has 1 amide bonds. The van der Waals surface area contributed by atoms with E-state index in [2.05, 4.69) is 5.32 Å². The molecule has 1 aromatic carbocycles. The van der Waals surface area contributed by atoms with Gasteiger partial charge in [0, 0.05) is 19.1 Å². The van der Waals surface area contributed by atoms with Crippen molar-refractivity contribution in [3.63, 3.8) is 0 Å². The first kappa shape index (κ1) is 16.2. The first-order valence-electron chi connectivity index (χ1n) is 7.07. The summed E-state index contributed by atoms with van der Waals surface area (Å²) in [7, 11) is 0. The largest absolute Gasteiger partial charge is 0.334 e. The maximum Gasteiger partial charge on any atom is 0.258 e. The van der Waals surface area contributed by atoms with Crippen LogP contribution in [-0.2, 0) is 0 Å². The van der Waals surface area contributed by atoms with Crippen molar-refractivity contribution in [3.05, 3.63) is 34.4 Å². The third kappa shape index (κ3) is 3.52. The van der Waals surface area contributed by atoms with Crippen LogP contribution in [0.25, 0.3) is 0 Å². The highest BCUT2D eigenvalue weighted by Crippen LogP contribution is 2.26. The second-order valence-corrected chi connectivity index (χ2v) is 6.09. The summed E-state index contributed by atoms with van der Waals surface area (Å²) in [4.78, 5) is 14.3. The quantitative estimate of drug-likeness (QED) is 0.866. The van der Waals surface area contributed by atoms with Crippen molar-refractivity contribution in [2.45, 2.75) is 26.3 Å². The minimum absolute atomic E-state index is 0.0152. The maximum atomic E-state index is 14.0. The van der Waals surface area contributed by atoms with Crippen molar-refractivity contribution in [2.24, 2.45) is 5.92 Å². The molecule has 0 saturated carbocycles. The van der Waals surface area contributed by atoms with E-state index in [1.807, 2.05) is 13.8 Å². The van der Waals surface area contributed by atoms with Gasteiger partial charge >= 0.3 is 0 Å². The summed E-state index contributed by atoms with van der Waals surface area (Å²) < 4.78 is 27.5. The van der Waals surface area contributed by atoms with Crippen molar-refractivity contribution in [1.29, 1.82) is 0 Å². The summed E-state index contributed by atoms with van der Waals surface area (Å²) in [5.41, 5.74) is -0.371. The number of amides is 1. The van der Waals surface area contributed by atoms with Gasteiger partial charge in [0.2, 0.25) is 0 Å². The van der Waals surface area contributed by atoms with Crippen LogP contribution in [0.4, 0.5) is 8.78 Å². The fourth-order valence-corrected chi connectivity index (χ4v) is 2.80. The molecule has 1 unspecified atom stereocenters. The van der Waals surface area contributed by atoms with E-state index in [1.54, 1.807) is 4.90 Å². The highest BCUT2D eigenvalue weighted by Gasteiger charge is 2.31. The lowest BCUT2D eigenvalue weighted by atomic mass is 10.1. The summed E-state index contributed by atoms with van der Waals surface area (Å²) in [5.74, 6) is -1.88. The van der Waals surface area contributed by atoms with Gasteiger partial charge in [0.05, 0.1) is 10.6 Å². The van der Waals surface area contributed by atoms with Crippen LogP contribution >= 0.6 is 11.6 Å². The van der Waals surface area contributed by atoms with Crippen LogP contribution in [0, 0.1) is 17.6 Å².